The summed E-state index contributed by atoms with van der Waals surface area (Å²) < 4.78 is 8.56. The molecule has 1 unspecified atom stereocenters. The first-order valence-corrected chi connectivity index (χ1v) is 12.6. The van der Waals surface area contributed by atoms with Crippen molar-refractivity contribution < 1.29 is 14.6 Å². The number of fused-ring (bicyclic) bond motifs is 1. The molecule has 0 saturated carbocycles. The molecule has 0 aliphatic heterocycles. The van der Waals surface area contributed by atoms with Gasteiger partial charge in [-0.1, -0.05) is 35.9 Å². The van der Waals surface area contributed by atoms with Crippen molar-refractivity contribution in [2.75, 3.05) is 6.61 Å². The van der Waals surface area contributed by atoms with E-state index in [9.17, 15) is 9.90 Å². The van der Waals surface area contributed by atoms with Gasteiger partial charge in [0.1, 0.15) is 5.75 Å². The number of carbonyl (C=O) groups excluding carboxylic acids is 1. The van der Waals surface area contributed by atoms with Crippen LogP contribution in [0, 0.1) is 0 Å². The smallest absolute Gasteiger partial charge is 0.251 e. The molecule has 1 amide bonds. The number of carbonyl (C=O) groups is 1. The Bertz CT molecular complexity index is 1320. The lowest BCUT2D eigenvalue weighted by Crippen LogP contribution is -2.37. The van der Waals surface area contributed by atoms with Gasteiger partial charge in [-0.05, 0) is 78.5 Å². The van der Waals surface area contributed by atoms with Gasteiger partial charge >= 0.3 is 0 Å². The highest BCUT2D eigenvalue weighted by Crippen LogP contribution is 2.27. The zero-order valence-corrected chi connectivity index (χ0v) is 21.9. The Kier molecular flexibility index (Phi) is 8.11. The Morgan fingerprint density at radius 1 is 1.20 bits per heavy atom. The lowest BCUT2D eigenvalue weighted by Gasteiger charge is -2.19. The molecule has 6 nitrogen and oxygen atoms in total. The second-order valence-corrected chi connectivity index (χ2v) is 9.87. The number of amides is 1. The van der Waals surface area contributed by atoms with Crippen LogP contribution in [0.3, 0.4) is 0 Å². The van der Waals surface area contributed by atoms with E-state index >= 15 is 0 Å². The fourth-order valence-electron chi connectivity index (χ4n) is 3.86. The topological polar surface area (TPSA) is 75.9 Å². The highest BCUT2D eigenvalue weighted by molar-refractivity contribution is 9.10. The largest absolute Gasteiger partial charge is 0.489 e. The summed E-state index contributed by atoms with van der Waals surface area (Å²) in [5, 5.41) is 13.0. The third kappa shape index (κ3) is 6.23. The number of aromatic nitrogens is 2. The van der Waals surface area contributed by atoms with Crippen LogP contribution in [0.2, 0.25) is 5.02 Å². The van der Waals surface area contributed by atoms with Crippen molar-refractivity contribution in [3.63, 3.8) is 0 Å². The first-order valence-electron chi connectivity index (χ1n) is 11.4. The summed E-state index contributed by atoms with van der Waals surface area (Å²) in [6, 6.07) is 16.8. The number of hydrogen-bond acceptors (Lipinski definition) is 4. The van der Waals surface area contributed by atoms with E-state index in [0.717, 1.165) is 26.9 Å². The van der Waals surface area contributed by atoms with Crippen molar-refractivity contribution in [2.24, 2.45) is 0 Å². The Hall–Kier alpha value is -2.87. The Morgan fingerprint density at radius 2 is 1.97 bits per heavy atom. The molecule has 2 N–H and O–H groups in total. The fraction of sp³-hybridized carbons (Fsp3) is 0.259. The van der Waals surface area contributed by atoms with E-state index in [1.165, 1.54) is 0 Å². The molecule has 0 fully saturated rings. The zero-order chi connectivity index (χ0) is 24.9. The average molecular weight is 557 g/mol. The summed E-state index contributed by atoms with van der Waals surface area (Å²) >= 11 is 9.83. The number of benzene rings is 2. The predicted octanol–water partition coefficient (Wildman–Crippen LogP) is 5.93. The number of aliphatic hydroxyl groups is 1. The van der Waals surface area contributed by atoms with Gasteiger partial charge in [-0.15, -0.1) is 0 Å². The second kappa shape index (κ2) is 11.2. The minimum absolute atomic E-state index is 0.0120. The molecule has 35 heavy (non-hydrogen) atoms. The van der Waals surface area contributed by atoms with E-state index in [0.29, 0.717) is 29.2 Å². The number of pyridine rings is 1. The van der Waals surface area contributed by atoms with Crippen LogP contribution in [0.1, 0.15) is 36.2 Å². The lowest BCUT2D eigenvalue weighted by molar-refractivity contribution is 0.0930. The van der Waals surface area contributed by atoms with Crippen molar-refractivity contribution in [3.8, 4) is 17.0 Å². The monoisotopic (exact) mass is 555 g/mol. The van der Waals surface area contributed by atoms with Crippen LogP contribution in [0.25, 0.3) is 16.9 Å². The molecule has 2 aromatic heterocycles. The van der Waals surface area contributed by atoms with Crippen molar-refractivity contribution in [2.45, 2.75) is 38.8 Å². The zero-order valence-electron chi connectivity index (χ0n) is 19.5. The number of rotatable bonds is 9. The molecule has 8 heteroatoms. The minimum atomic E-state index is -0.242. The van der Waals surface area contributed by atoms with E-state index < -0.39 is 0 Å². The molecule has 0 aliphatic rings. The fourth-order valence-corrected chi connectivity index (χ4v) is 4.53. The van der Waals surface area contributed by atoms with Gasteiger partial charge in [0, 0.05) is 36.2 Å². The number of nitrogens with zero attached hydrogens (tertiary/aromatic N) is 2. The number of hydrogen-bond donors (Lipinski definition) is 2. The number of ether oxygens (including phenoxy) is 1. The van der Waals surface area contributed by atoms with Crippen LogP contribution >= 0.6 is 27.5 Å². The maximum Gasteiger partial charge on any atom is 0.251 e. The molecule has 182 valence electrons. The summed E-state index contributed by atoms with van der Waals surface area (Å²) in [5.74, 6) is 0.302. The summed E-state index contributed by atoms with van der Waals surface area (Å²) in [4.78, 5) is 17.6. The molecule has 4 rings (SSSR count). The van der Waals surface area contributed by atoms with Crippen LogP contribution in [-0.2, 0) is 6.42 Å². The van der Waals surface area contributed by atoms with E-state index in [-0.39, 0.29) is 24.7 Å². The van der Waals surface area contributed by atoms with Crippen LogP contribution in [0.4, 0.5) is 0 Å². The summed E-state index contributed by atoms with van der Waals surface area (Å²) in [7, 11) is 0. The second-order valence-electron chi connectivity index (χ2n) is 8.61. The molecule has 2 heterocycles. The van der Waals surface area contributed by atoms with Crippen molar-refractivity contribution in [3.05, 3.63) is 87.6 Å². The Morgan fingerprint density at radius 3 is 2.63 bits per heavy atom. The van der Waals surface area contributed by atoms with Crippen molar-refractivity contribution in [1.82, 2.24) is 14.7 Å². The molecule has 0 bridgehead atoms. The van der Waals surface area contributed by atoms with Gasteiger partial charge in [0.05, 0.1) is 21.3 Å². The van der Waals surface area contributed by atoms with E-state index in [4.69, 9.17) is 21.3 Å². The maximum absolute atomic E-state index is 12.9. The number of nitrogens with one attached hydrogen (secondary N) is 1. The third-order valence-corrected chi connectivity index (χ3v) is 6.45. The van der Waals surface area contributed by atoms with Gasteiger partial charge in [0.25, 0.3) is 5.91 Å². The molecule has 0 radical (unpaired) electrons. The molecular weight excluding hydrogens is 530 g/mol. The number of aliphatic hydroxyl groups excluding tert-OH is 1. The van der Waals surface area contributed by atoms with Crippen LogP contribution in [0.15, 0.2) is 71.5 Å². The average Bonchev–Trinajstić information content (AvgIpc) is 3.26. The van der Waals surface area contributed by atoms with Crippen molar-refractivity contribution in [1.29, 1.82) is 0 Å². The van der Waals surface area contributed by atoms with Gasteiger partial charge in [0.2, 0.25) is 0 Å². The SMILES string of the molecule is CC(C)Oc1ccc(C(=O)NC(CCO)Cc2ccc(-c3cn4cccc(Br)c4n3)cc2)cc1Cl. The predicted molar refractivity (Wildman–Crippen MR) is 142 cm³/mol. The summed E-state index contributed by atoms with van der Waals surface area (Å²) in [6.45, 7) is 3.81. The van der Waals surface area contributed by atoms with Gasteiger partial charge in [-0.2, -0.15) is 0 Å². The highest BCUT2D eigenvalue weighted by Gasteiger charge is 2.16. The Labute approximate surface area is 218 Å². The van der Waals surface area contributed by atoms with E-state index in [1.807, 2.05) is 67.0 Å². The first kappa shape index (κ1) is 25.2. The molecule has 2 aromatic carbocycles. The first-order chi connectivity index (χ1) is 16.8. The molecular formula is C27H27BrClN3O3. The third-order valence-electron chi connectivity index (χ3n) is 5.54. The van der Waals surface area contributed by atoms with Gasteiger partial charge in [-0.25, -0.2) is 4.98 Å². The standard InChI is InChI=1S/C27H27BrClN3O3/c1-17(2)35-25-10-9-20(15-23(25)29)27(34)30-21(11-13-33)14-18-5-7-19(8-6-18)24-16-32-12-3-4-22(28)26(32)31-24/h3-10,12,15-17,21,33H,11,13-14H2,1-2H3,(H,30,34). The number of halogens is 2. The van der Waals surface area contributed by atoms with Gasteiger partial charge in [-0.3, -0.25) is 4.79 Å². The molecule has 0 aliphatic carbocycles. The van der Waals surface area contributed by atoms with E-state index in [2.05, 4.69) is 21.2 Å². The van der Waals surface area contributed by atoms with E-state index in [1.54, 1.807) is 18.2 Å². The molecule has 4 aromatic rings. The molecule has 0 spiro atoms. The number of imidazole rings is 1. The lowest BCUT2D eigenvalue weighted by atomic mass is 10.0. The summed E-state index contributed by atoms with van der Waals surface area (Å²) in [6.07, 6.45) is 4.97. The molecule has 0 saturated heterocycles. The highest BCUT2D eigenvalue weighted by atomic mass is 79.9. The van der Waals surface area contributed by atoms with Gasteiger partial charge in [0.15, 0.2) is 5.65 Å². The van der Waals surface area contributed by atoms with Gasteiger partial charge < -0.3 is 19.6 Å². The Balaban J connectivity index is 1.44. The quantitative estimate of drug-likeness (QED) is 0.268. The van der Waals surface area contributed by atoms with Crippen molar-refractivity contribution >= 4 is 39.1 Å². The maximum atomic E-state index is 12.9. The van der Waals surface area contributed by atoms with Crippen LogP contribution < -0.4 is 10.1 Å². The van der Waals surface area contributed by atoms with Crippen LogP contribution in [-0.4, -0.2) is 39.2 Å². The minimum Gasteiger partial charge on any atom is -0.489 e. The van der Waals surface area contributed by atoms with Crippen LogP contribution in [0.5, 0.6) is 5.75 Å². The summed E-state index contributed by atoms with van der Waals surface area (Å²) in [5.41, 5.74) is 4.25. The molecule has 1 atom stereocenters. The normalized spacial score (nSPS) is 12.2.